The zero-order valence-electron chi connectivity index (χ0n) is 21.5. The third kappa shape index (κ3) is 6.44. The van der Waals surface area contributed by atoms with Crippen molar-refractivity contribution in [3.8, 4) is 0 Å². The van der Waals surface area contributed by atoms with Crippen molar-refractivity contribution < 1.29 is 38.7 Å². The van der Waals surface area contributed by atoms with Crippen molar-refractivity contribution in [2.75, 3.05) is 37.5 Å². The molecule has 2 rings (SSSR count). The molecule has 0 aromatic heterocycles. The third-order valence-electron chi connectivity index (χ3n) is 5.46. The van der Waals surface area contributed by atoms with Crippen LogP contribution in [0, 0.1) is 0 Å². The zero-order chi connectivity index (χ0) is 25.9. The van der Waals surface area contributed by atoms with Crippen molar-refractivity contribution in [1.29, 1.82) is 0 Å². The molecule has 34 heavy (non-hydrogen) atoms. The van der Waals surface area contributed by atoms with Crippen LogP contribution in [-0.2, 0) is 18.9 Å². The van der Waals surface area contributed by atoms with Crippen LogP contribution in [0.3, 0.4) is 0 Å². The first-order valence-electron chi connectivity index (χ1n) is 11.3. The summed E-state index contributed by atoms with van der Waals surface area (Å²) >= 11 is 3.06. The van der Waals surface area contributed by atoms with Gasteiger partial charge in [-0.05, 0) is 78.4 Å². The van der Waals surface area contributed by atoms with Gasteiger partial charge in [-0.1, -0.05) is 0 Å². The summed E-state index contributed by atoms with van der Waals surface area (Å²) < 4.78 is 22.5. The van der Waals surface area contributed by atoms with Gasteiger partial charge in [-0.25, -0.2) is 9.59 Å². The molecule has 0 saturated carbocycles. The molecule has 0 aromatic rings. The van der Waals surface area contributed by atoms with Gasteiger partial charge >= 0.3 is 12.2 Å². The molecule has 2 saturated heterocycles. The summed E-state index contributed by atoms with van der Waals surface area (Å²) in [5.74, 6) is -3.42. The number of amides is 2. The maximum atomic E-state index is 12.9. The van der Waals surface area contributed by atoms with Gasteiger partial charge < -0.3 is 29.2 Å². The molecule has 12 heteroatoms. The molecule has 0 bridgehead atoms. The van der Waals surface area contributed by atoms with Crippen molar-refractivity contribution in [3.63, 3.8) is 0 Å². The normalized spacial score (nSPS) is 30.1. The maximum Gasteiger partial charge on any atom is 0.412 e. The van der Waals surface area contributed by atoms with E-state index in [0.717, 1.165) is 0 Å². The van der Waals surface area contributed by atoms with Crippen LogP contribution >= 0.6 is 23.5 Å². The van der Waals surface area contributed by atoms with Crippen LogP contribution in [0.2, 0.25) is 0 Å². The highest BCUT2D eigenvalue weighted by Crippen LogP contribution is 2.46. The fourth-order valence-electron chi connectivity index (χ4n) is 3.98. The van der Waals surface area contributed by atoms with Gasteiger partial charge in [0.2, 0.25) is 11.6 Å². The van der Waals surface area contributed by atoms with Gasteiger partial charge in [-0.15, -0.1) is 0 Å². The van der Waals surface area contributed by atoms with Crippen LogP contribution in [0.4, 0.5) is 9.59 Å². The second-order valence-electron chi connectivity index (χ2n) is 10.4. The zero-order valence-corrected chi connectivity index (χ0v) is 23.1. The van der Waals surface area contributed by atoms with E-state index in [9.17, 15) is 19.8 Å². The van der Waals surface area contributed by atoms with Crippen LogP contribution in [0.15, 0.2) is 0 Å². The van der Waals surface area contributed by atoms with Gasteiger partial charge in [0.25, 0.3) is 0 Å². The molecule has 0 spiro atoms. The van der Waals surface area contributed by atoms with Crippen LogP contribution in [0.5, 0.6) is 0 Å². The fraction of sp³-hybridized carbons (Fsp3) is 0.909. The minimum Gasteiger partial charge on any atom is -0.444 e. The predicted molar refractivity (Wildman–Crippen MR) is 132 cm³/mol. The molecular weight excluding hydrogens is 484 g/mol. The number of nitrogens with zero attached hydrogens (tertiary/aromatic N) is 2. The lowest BCUT2D eigenvalue weighted by atomic mass is 9.88. The number of carbonyl (C=O) groups is 2. The van der Waals surface area contributed by atoms with E-state index in [4.69, 9.17) is 18.9 Å². The molecule has 2 aliphatic heterocycles. The van der Waals surface area contributed by atoms with Gasteiger partial charge in [-0.2, -0.15) is 23.5 Å². The van der Waals surface area contributed by atoms with E-state index < -0.39 is 47.0 Å². The molecule has 2 N–H and O–H groups in total. The average molecular weight is 525 g/mol. The molecule has 2 heterocycles. The standard InChI is InChI=1S/C22H40N2O8S2/c1-19(2,3)31-17(25)23-13-29-21(27,15(23)9-11-33-7)22(28)16(10-12-34-8)24(14-30-22)18(26)32-20(4,5)6/h15-16,27-28H,9-14H2,1-8H3/t15-,16-,21+,22+/m0/s1. The van der Waals surface area contributed by atoms with Crippen LogP contribution in [-0.4, -0.2) is 105 Å². The Kier molecular flexibility index (Phi) is 9.48. The second-order valence-corrected chi connectivity index (χ2v) is 12.4. The topological polar surface area (TPSA) is 118 Å². The van der Waals surface area contributed by atoms with Crippen molar-refractivity contribution >= 4 is 35.7 Å². The van der Waals surface area contributed by atoms with Gasteiger partial charge in [0.15, 0.2) is 0 Å². The number of thioether (sulfide) groups is 2. The molecule has 2 fully saturated rings. The van der Waals surface area contributed by atoms with Crippen LogP contribution < -0.4 is 0 Å². The highest BCUT2D eigenvalue weighted by atomic mass is 32.2. The molecule has 4 atom stereocenters. The van der Waals surface area contributed by atoms with Gasteiger partial charge in [0.05, 0.1) is 12.1 Å². The average Bonchev–Trinajstić information content (AvgIpc) is 3.21. The first-order chi connectivity index (χ1) is 15.6. The Morgan fingerprint density at radius 3 is 1.41 bits per heavy atom. The Balaban J connectivity index is 2.42. The highest BCUT2D eigenvalue weighted by molar-refractivity contribution is 7.98. The minimum atomic E-state index is -2.29. The summed E-state index contributed by atoms with van der Waals surface area (Å²) in [4.78, 5) is 28.4. The monoisotopic (exact) mass is 524 g/mol. The minimum absolute atomic E-state index is 0.294. The summed E-state index contributed by atoms with van der Waals surface area (Å²) in [6.07, 6.45) is 3.09. The Hall–Kier alpha value is -0.920. The van der Waals surface area contributed by atoms with Crippen molar-refractivity contribution in [3.05, 3.63) is 0 Å². The van der Waals surface area contributed by atoms with E-state index in [1.165, 1.54) is 33.3 Å². The molecule has 0 aliphatic carbocycles. The first-order valence-corrected chi connectivity index (χ1v) is 14.1. The van der Waals surface area contributed by atoms with Crippen molar-refractivity contribution in [2.24, 2.45) is 0 Å². The maximum absolute atomic E-state index is 12.9. The van der Waals surface area contributed by atoms with Crippen molar-refractivity contribution in [2.45, 2.75) is 89.2 Å². The lowest BCUT2D eigenvalue weighted by Gasteiger charge is -2.43. The SMILES string of the molecule is CSCC[C@@H]1N(C(=O)OC(C)(C)C)CO[C@@]1(O)[C@]1(O)OCN(C(=O)OC(C)(C)C)[C@H]1CCSC. The van der Waals surface area contributed by atoms with E-state index in [1.54, 1.807) is 41.5 Å². The molecule has 0 unspecified atom stereocenters. The van der Waals surface area contributed by atoms with Crippen LogP contribution in [0.1, 0.15) is 54.4 Å². The number of carbonyl (C=O) groups excluding carboxylic acids is 2. The summed E-state index contributed by atoms with van der Waals surface area (Å²) in [7, 11) is 0. The highest BCUT2D eigenvalue weighted by Gasteiger charge is 2.70. The Bertz CT molecular complexity index is 669. The number of aliphatic hydroxyl groups is 2. The predicted octanol–water partition coefficient (Wildman–Crippen LogP) is 3.06. The number of hydrogen-bond donors (Lipinski definition) is 2. The lowest BCUT2D eigenvalue weighted by molar-refractivity contribution is -0.367. The van der Waals surface area contributed by atoms with E-state index in [2.05, 4.69) is 0 Å². The van der Waals surface area contributed by atoms with Crippen molar-refractivity contribution in [1.82, 2.24) is 9.80 Å². The second kappa shape index (κ2) is 11.0. The summed E-state index contributed by atoms with van der Waals surface area (Å²) in [5, 5.41) is 23.6. The fourth-order valence-corrected chi connectivity index (χ4v) is 4.90. The third-order valence-corrected chi connectivity index (χ3v) is 6.75. The summed E-state index contributed by atoms with van der Waals surface area (Å²) in [5.41, 5.74) is -1.51. The summed E-state index contributed by atoms with van der Waals surface area (Å²) in [6, 6.07) is -1.93. The Labute approximate surface area is 211 Å². The van der Waals surface area contributed by atoms with Gasteiger partial charge in [-0.3, -0.25) is 9.80 Å². The molecular formula is C22H40N2O8S2. The lowest BCUT2D eigenvalue weighted by Crippen LogP contribution is -2.68. The van der Waals surface area contributed by atoms with E-state index in [-0.39, 0.29) is 13.5 Å². The van der Waals surface area contributed by atoms with Gasteiger partial charge in [0.1, 0.15) is 24.7 Å². The molecule has 0 radical (unpaired) electrons. The molecule has 198 valence electrons. The number of rotatable bonds is 7. The molecule has 10 nitrogen and oxygen atoms in total. The Morgan fingerprint density at radius 2 is 1.15 bits per heavy atom. The molecule has 2 aliphatic rings. The first kappa shape index (κ1) is 29.3. The van der Waals surface area contributed by atoms with E-state index in [0.29, 0.717) is 24.3 Å². The van der Waals surface area contributed by atoms with Crippen LogP contribution in [0.25, 0.3) is 0 Å². The van der Waals surface area contributed by atoms with Gasteiger partial charge in [0, 0.05) is 0 Å². The summed E-state index contributed by atoms with van der Waals surface area (Å²) in [6.45, 7) is 9.89. The van der Waals surface area contributed by atoms with E-state index >= 15 is 0 Å². The molecule has 0 aromatic carbocycles. The van der Waals surface area contributed by atoms with E-state index in [1.807, 2.05) is 12.5 Å². The smallest absolute Gasteiger partial charge is 0.412 e. The Morgan fingerprint density at radius 1 is 0.824 bits per heavy atom. The number of ether oxygens (including phenoxy) is 4. The number of hydrogen-bond acceptors (Lipinski definition) is 10. The molecule has 2 amide bonds. The quantitative estimate of drug-likeness (QED) is 0.514. The largest absolute Gasteiger partial charge is 0.444 e.